The minimum absolute atomic E-state index is 0.413. The SMILES string of the molecule is C=CC1C2CCC(C2)C1Cl. The molecule has 0 spiro atoms. The van der Waals surface area contributed by atoms with Crippen molar-refractivity contribution in [2.45, 2.75) is 24.6 Å². The molecule has 10 heavy (non-hydrogen) atoms. The van der Waals surface area contributed by atoms with E-state index in [0.29, 0.717) is 11.3 Å². The van der Waals surface area contributed by atoms with Crippen molar-refractivity contribution in [3.63, 3.8) is 0 Å². The molecule has 0 radical (unpaired) electrons. The van der Waals surface area contributed by atoms with E-state index >= 15 is 0 Å². The number of hydrogen-bond donors (Lipinski definition) is 0. The zero-order chi connectivity index (χ0) is 7.14. The van der Waals surface area contributed by atoms with Crippen LogP contribution in [0.15, 0.2) is 12.7 Å². The van der Waals surface area contributed by atoms with Gasteiger partial charge in [-0.25, -0.2) is 0 Å². The molecule has 1 heteroatoms. The van der Waals surface area contributed by atoms with Crippen LogP contribution in [0.5, 0.6) is 0 Å². The summed E-state index contributed by atoms with van der Waals surface area (Å²) in [4.78, 5) is 0. The Balaban J connectivity index is 2.16. The van der Waals surface area contributed by atoms with Gasteiger partial charge in [0.1, 0.15) is 0 Å². The third kappa shape index (κ3) is 0.748. The zero-order valence-electron chi connectivity index (χ0n) is 6.09. The van der Waals surface area contributed by atoms with Crippen LogP contribution in [0.3, 0.4) is 0 Å². The molecular weight excluding hydrogens is 144 g/mol. The van der Waals surface area contributed by atoms with Crippen molar-refractivity contribution in [2.75, 3.05) is 0 Å². The van der Waals surface area contributed by atoms with Crippen molar-refractivity contribution < 1.29 is 0 Å². The Labute approximate surface area is 67.3 Å². The van der Waals surface area contributed by atoms with E-state index in [9.17, 15) is 0 Å². The van der Waals surface area contributed by atoms with E-state index < -0.39 is 0 Å². The third-order valence-corrected chi connectivity index (χ3v) is 3.80. The fourth-order valence-corrected chi connectivity index (χ4v) is 3.13. The summed E-state index contributed by atoms with van der Waals surface area (Å²) in [6.45, 7) is 3.83. The molecule has 0 saturated heterocycles. The maximum absolute atomic E-state index is 6.20. The van der Waals surface area contributed by atoms with Crippen molar-refractivity contribution in [2.24, 2.45) is 17.8 Å². The van der Waals surface area contributed by atoms with Gasteiger partial charge in [-0.2, -0.15) is 0 Å². The minimum atomic E-state index is 0.413. The molecule has 2 saturated carbocycles. The Morgan fingerprint density at radius 3 is 2.40 bits per heavy atom. The molecule has 0 aliphatic heterocycles. The minimum Gasteiger partial charge on any atom is -0.122 e. The smallest absolute Gasteiger partial charge is 0.0429 e. The van der Waals surface area contributed by atoms with Gasteiger partial charge in [-0.15, -0.1) is 18.2 Å². The first-order chi connectivity index (χ1) is 4.83. The van der Waals surface area contributed by atoms with Crippen LogP contribution in [-0.2, 0) is 0 Å². The second kappa shape index (κ2) is 2.27. The van der Waals surface area contributed by atoms with E-state index in [-0.39, 0.29) is 0 Å². The number of hydrogen-bond acceptors (Lipinski definition) is 0. The third-order valence-electron chi connectivity index (χ3n) is 3.15. The van der Waals surface area contributed by atoms with Gasteiger partial charge in [0.15, 0.2) is 0 Å². The molecule has 0 heterocycles. The Hall–Kier alpha value is 0.0300. The van der Waals surface area contributed by atoms with Crippen LogP contribution in [0.4, 0.5) is 0 Å². The normalized spacial score (nSPS) is 51.7. The van der Waals surface area contributed by atoms with Crippen molar-refractivity contribution in [1.82, 2.24) is 0 Å². The Bertz CT molecular complexity index is 151. The van der Waals surface area contributed by atoms with Gasteiger partial charge < -0.3 is 0 Å². The molecule has 4 unspecified atom stereocenters. The lowest BCUT2D eigenvalue weighted by atomic mass is 9.89. The van der Waals surface area contributed by atoms with Crippen LogP contribution in [0, 0.1) is 17.8 Å². The van der Waals surface area contributed by atoms with Gasteiger partial charge in [-0.3, -0.25) is 0 Å². The summed E-state index contributed by atoms with van der Waals surface area (Å²) in [7, 11) is 0. The monoisotopic (exact) mass is 156 g/mol. The average molecular weight is 157 g/mol. The van der Waals surface area contributed by atoms with Crippen molar-refractivity contribution in [3.05, 3.63) is 12.7 Å². The van der Waals surface area contributed by atoms with E-state index in [1.54, 1.807) is 0 Å². The second-order valence-corrected chi connectivity index (χ2v) is 4.09. The summed E-state index contributed by atoms with van der Waals surface area (Å²) in [6.07, 6.45) is 6.18. The molecule has 4 atom stereocenters. The van der Waals surface area contributed by atoms with Gasteiger partial charge in [0.25, 0.3) is 0 Å². The topological polar surface area (TPSA) is 0 Å². The van der Waals surface area contributed by atoms with Gasteiger partial charge in [-0.1, -0.05) is 6.08 Å². The summed E-state index contributed by atoms with van der Waals surface area (Å²) < 4.78 is 0. The van der Waals surface area contributed by atoms with Crippen LogP contribution in [-0.4, -0.2) is 5.38 Å². The van der Waals surface area contributed by atoms with E-state index in [1.807, 2.05) is 0 Å². The van der Waals surface area contributed by atoms with Gasteiger partial charge in [0, 0.05) is 5.38 Å². The van der Waals surface area contributed by atoms with Crippen LogP contribution < -0.4 is 0 Å². The van der Waals surface area contributed by atoms with Crippen molar-refractivity contribution in [1.29, 1.82) is 0 Å². The highest BCUT2D eigenvalue weighted by molar-refractivity contribution is 6.21. The lowest BCUT2D eigenvalue weighted by molar-refractivity contribution is 0.402. The number of alkyl halides is 1. The largest absolute Gasteiger partial charge is 0.122 e. The molecule has 0 amide bonds. The highest BCUT2D eigenvalue weighted by Crippen LogP contribution is 2.51. The first-order valence-corrected chi connectivity index (χ1v) is 4.53. The fourth-order valence-electron chi connectivity index (χ4n) is 2.59. The Morgan fingerprint density at radius 1 is 1.30 bits per heavy atom. The first-order valence-electron chi connectivity index (χ1n) is 4.09. The first kappa shape index (κ1) is 6.72. The zero-order valence-corrected chi connectivity index (χ0v) is 6.85. The predicted octanol–water partition coefficient (Wildman–Crippen LogP) is 2.83. The van der Waals surface area contributed by atoms with E-state index in [4.69, 9.17) is 11.6 Å². The van der Waals surface area contributed by atoms with Crippen LogP contribution >= 0.6 is 11.6 Å². The van der Waals surface area contributed by atoms with E-state index in [2.05, 4.69) is 12.7 Å². The molecule has 2 aliphatic rings. The molecule has 0 aromatic heterocycles. The molecule has 2 aliphatic carbocycles. The number of halogens is 1. The molecule has 2 rings (SSSR count). The van der Waals surface area contributed by atoms with E-state index in [1.165, 1.54) is 19.3 Å². The summed E-state index contributed by atoms with van der Waals surface area (Å²) in [5.41, 5.74) is 0. The molecule has 2 fully saturated rings. The van der Waals surface area contributed by atoms with Crippen molar-refractivity contribution >= 4 is 11.6 Å². The molecule has 56 valence electrons. The summed E-state index contributed by atoms with van der Waals surface area (Å²) in [5, 5.41) is 0.413. The molecule has 0 N–H and O–H groups in total. The number of rotatable bonds is 1. The van der Waals surface area contributed by atoms with Gasteiger partial charge in [0.2, 0.25) is 0 Å². The van der Waals surface area contributed by atoms with Crippen molar-refractivity contribution in [3.8, 4) is 0 Å². The molecular formula is C9H13Cl. The van der Waals surface area contributed by atoms with Gasteiger partial charge in [-0.05, 0) is 37.0 Å². The standard InChI is InChI=1S/C9H13Cl/c1-2-8-6-3-4-7(5-6)9(8)10/h2,6-9H,1,3-5H2. The number of fused-ring (bicyclic) bond motifs is 2. The average Bonchev–Trinajstić information content (AvgIpc) is 2.46. The maximum atomic E-state index is 6.20. The summed E-state index contributed by atoms with van der Waals surface area (Å²) in [5.74, 6) is 2.32. The van der Waals surface area contributed by atoms with Gasteiger partial charge in [0.05, 0.1) is 0 Å². The van der Waals surface area contributed by atoms with Crippen LogP contribution in [0.1, 0.15) is 19.3 Å². The van der Waals surface area contributed by atoms with Crippen LogP contribution in [0.25, 0.3) is 0 Å². The maximum Gasteiger partial charge on any atom is 0.0429 e. The van der Waals surface area contributed by atoms with Gasteiger partial charge >= 0.3 is 0 Å². The molecule has 2 bridgehead atoms. The van der Waals surface area contributed by atoms with E-state index in [0.717, 1.165) is 11.8 Å². The summed E-state index contributed by atoms with van der Waals surface area (Å²) >= 11 is 6.20. The predicted molar refractivity (Wildman–Crippen MR) is 44.2 cm³/mol. The highest BCUT2D eigenvalue weighted by Gasteiger charge is 2.44. The lowest BCUT2D eigenvalue weighted by Gasteiger charge is -2.22. The molecule has 0 aromatic carbocycles. The lowest BCUT2D eigenvalue weighted by Crippen LogP contribution is -2.20. The number of allylic oxidation sites excluding steroid dienone is 1. The summed E-state index contributed by atoms with van der Waals surface area (Å²) in [6, 6.07) is 0. The highest BCUT2D eigenvalue weighted by atomic mass is 35.5. The van der Waals surface area contributed by atoms with Crippen LogP contribution in [0.2, 0.25) is 0 Å². The Morgan fingerprint density at radius 2 is 2.00 bits per heavy atom. The quantitative estimate of drug-likeness (QED) is 0.405. The molecule has 0 nitrogen and oxygen atoms in total. The molecule has 0 aromatic rings. The fraction of sp³-hybridized carbons (Fsp3) is 0.778. The Kier molecular flexibility index (Phi) is 1.52. The second-order valence-electron chi connectivity index (χ2n) is 3.59.